The molecule has 1 aromatic carbocycles. The number of carbonyl (C=O) groups is 1. The first-order valence-corrected chi connectivity index (χ1v) is 5.44. The SMILES string of the molecule is Cc1cccc(C)c1NC(=O)c1cnn(C)c1. The molecule has 0 aliphatic carbocycles. The van der Waals surface area contributed by atoms with E-state index >= 15 is 0 Å². The molecule has 0 aliphatic rings. The molecule has 0 saturated heterocycles. The van der Waals surface area contributed by atoms with E-state index in [-0.39, 0.29) is 5.91 Å². The van der Waals surface area contributed by atoms with Gasteiger partial charge in [-0.15, -0.1) is 0 Å². The first-order chi connectivity index (χ1) is 8.08. The maximum absolute atomic E-state index is 12.0. The average molecular weight is 229 g/mol. The van der Waals surface area contributed by atoms with Crippen molar-refractivity contribution >= 4 is 11.6 Å². The number of nitrogens with zero attached hydrogens (tertiary/aromatic N) is 2. The normalized spacial score (nSPS) is 10.3. The van der Waals surface area contributed by atoms with Crippen molar-refractivity contribution in [3.05, 3.63) is 47.3 Å². The Morgan fingerprint density at radius 3 is 2.47 bits per heavy atom. The van der Waals surface area contributed by atoms with Crippen molar-refractivity contribution in [2.45, 2.75) is 13.8 Å². The average Bonchev–Trinajstić information content (AvgIpc) is 2.70. The van der Waals surface area contributed by atoms with Crippen LogP contribution < -0.4 is 5.32 Å². The second-order valence-corrected chi connectivity index (χ2v) is 4.12. The van der Waals surface area contributed by atoms with E-state index in [4.69, 9.17) is 0 Å². The van der Waals surface area contributed by atoms with Crippen LogP contribution in [0.4, 0.5) is 5.69 Å². The molecule has 0 fully saturated rings. The summed E-state index contributed by atoms with van der Waals surface area (Å²) in [7, 11) is 1.79. The summed E-state index contributed by atoms with van der Waals surface area (Å²) in [5.74, 6) is -0.129. The third-order valence-electron chi connectivity index (χ3n) is 2.69. The zero-order valence-corrected chi connectivity index (χ0v) is 10.2. The third kappa shape index (κ3) is 2.36. The van der Waals surface area contributed by atoms with E-state index in [1.54, 1.807) is 24.1 Å². The molecule has 1 aromatic heterocycles. The second-order valence-electron chi connectivity index (χ2n) is 4.12. The summed E-state index contributed by atoms with van der Waals surface area (Å²) in [4.78, 5) is 12.0. The number of para-hydroxylation sites is 1. The molecule has 0 spiro atoms. The Balaban J connectivity index is 2.24. The van der Waals surface area contributed by atoms with Crippen LogP contribution >= 0.6 is 0 Å². The number of hydrogen-bond acceptors (Lipinski definition) is 2. The summed E-state index contributed by atoms with van der Waals surface area (Å²) in [6.07, 6.45) is 3.26. The molecular formula is C13H15N3O. The van der Waals surface area contributed by atoms with Gasteiger partial charge in [0, 0.05) is 18.9 Å². The Bertz CT molecular complexity index is 537. The van der Waals surface area contributed by atoms with Crippen LogP contribution in [0, 0.1) is 13.8 Å². The number of aryl methyl sites for hydroxylation is 3. The standard InChI is InChI=1S/C13H15N3O/c1-9-5-4-6-10(2)12(9)15-13(17)11-7-14-16(3)8-11/h4-8H,1-3H3,(H,15,17). The number of aromatic nitrogens is 2. The van der Waals surface area contributed by atoms with Crippen molar-refractivity contribution in [2.24, 2.45) is 7.05 Å². The Morgan fingerprint density at radius 2 is 1.94 bits per heavy atom. The Kier molecular flexibility index (Phi) is 2.95. The largest absolute Gasteiger partial charge is 0.321 e. The van der Waals surface area contributed by atoms with Crippen molar-refractivity contribution in [2.75, 3.05) is 5.32 Å². The summed E-state index contributed by atoms with van der Waals surface area (Å²) in [6.45, 7) is 3.96. The van der Waals surface area contributed by atoms with E-state index in [9.17, 15) is 4.79 Å². The summed E-state index contributed by atoms with van der Waals surface area (Å²) < 4.78 is 1.61. The Morgan fingerprint density at radius 1 is 1.29 bits per heavy atom. The minimum absolute atomic E-state index is 0.129. The predicted octanol–water partition coefficient (Wildman–Crippen LogP) is 2.29. The van der Waals surface area contributed by atoms with E-state index in [0.29, 0.717) is 5.56 Å². The van der Waals surface area contributed by atoms with Gasteiger partial charge in [-0.2, -0.15) is 5.10 Å². The smallest absolute Gasteiger partial charge is 0.258 e. The van der Waals surface area contributed by atoms with Crippen LogP contribution in [0.3, 0.4) is 0 Å². The fourth-order valence-corrected chi connectivity index (χ4v) is 1.74. The minimum atomic E-state index is -0.129. The summed E-state index contributed by atoms with van der Waals surface area (Å²) >= 11 is 0. The van der Waals surface area contributed by atoms with Gasteiger partial charge < -0.3 is 5.32 Å². The number of anilines is 1. The number of hydrogen-bond donors (Lipinski definition) is 1. The summed E-state index contributed by atoms with van der Waals surface area (Å²) in [5.41, 5.74) is 3.56. The molecule has 2 aromatic rings. The molecule has 0 unspecified atom stereocenters. The van der Waals surface area contributed by atoms with Gasteiger partial charge in [-0.3, -0.25) is 9.48 Å². The fraction of sp³-hybridized carbons (Fsp3) is 0.231. The van der Waals surface area contributed by atoms with Gasteiger partial charge in [0.15, 0.2) is 0 Å². The van der Waals surface area contributed by atoms with Gasteiger partial charge in [0.25, 0.3) is 5.91 Å². The van der Waals surface area contributed by atoms with Gasteiger partial charge in [0.05, 0.1) is 11.8 Å². The highest BCUT2D eigenvalue weighted by molar-refractivity contribution is 6.04. The zero-order chi connectivity index (χ0) is 12.4. The Hall–Kier alpha value is -2.10. The van der Waals surface area contributed by atoms with E-state index in [2.05, 4.69) is 10.4 Å². The molecule has 17 heavy (non-hydrogen) atoms. The van der Waals surface area contributed by atoms with E-state index in [1.807, 2.05) is 32.0 Å². The van der Waals surface area contributed by atoms with Gasteiger partial charge in [0.1, 0.15) is 0 Å². The molecule has 4 nitrogen and oxygen atoms in total. The van der Waals surface area contributed by atoms with Crippen molar-refractivity contribution in [1.29, 1.82) is 0 Å². The van der Waals surface area contributed by atoms with Crippen molar-refractivity contribution in [3.8, 4) is 0 Å². The van der Waals surface area contributed by atoms with Crippen LogP contribution in [0.1, 0.15) is 21.5 Å². The maximum atomic E-state index is 12.0. The van der Waals surface area contributed by atoms with E-state index in [1.165, 1.54) is 0 Å². The fourth-order valence-electron chi connectivity index (χ4n) is 1.74. The molecule has 4 heteroatoms. The van der Waals surface area contributed by atoms with Crippen LogP contribution in [0.25, 0.3) is 0 Å². The van der Waals surface area contributed by atoms with Gasteiger partial charge >= 0.3 is 0 Å². The van der Waals surface area contributed by atoms with Crippen molar-refractivity contribution in [1.82, 2.24) is 9.78 Å². The molecule has 1 amide bonds. The minimum Gasteiger partial charge on any atom is -0.321 e. The molecule has 1 N–H and O–H groups in total. The van der Waals surface area contributed by atoms with Crippen LogP contribution in [-0.2, 0) is 7.05 Å². The van der Waals surface area contributed by atoms with Crippen LogP contribution in [0.2, 0.25) is 0 Å². The second kappa shape index (κ2) is 4.41. The highest BCUT2D eigenvalue weighted by Crippen LogP contribution is 2.20. The van der Waals surface area contributed by atoms with Gasteiger partial charge in [-0.1, -0.05) is 18.2 Å². The number of nitrogens with one attached hydrogen (secondary N) is 1. The summed E-state index contributed by atoms with van der Waals surface area (Å²) in [6, 6.07) is 5.93. The quantitative estimate of drug-likeness (QED) is 0.858. The van der Waals surface area contributed by atoms with Gasteiger partial charge in [-0.05, 0) is 25.0 Å². The zero-order valence-electron chi connectivity index (χ0n) is 10.2. The Labute approximate surface area is 100 Å². The monoisotopic (exact) mass is 229 g/mol. The molecule has 2 rings (SSSR count). The van der Waals surface area contributed by atoms with E-state index < -0.39 is 0 Å². The lowest BCUT2D eigenvalue weighted by Gasteiger charge is -2.10. The first-order valence-electron chi connectivity index (χ1n) is 5.44. The third-order valence-corrected chi connectivity index (χ3v) is 2.69. The maximum Gasteiger partial charge on any atom is 0.258 e. The molecule has 0 bridgehead atoms. The molecule has 0 atom stereocenters. The van der Waals surface area contributed by atoms with Crippen molar-refractivity contribution in [3.63, 3.8) is 0 Å². The molecule has 0 radical (unpaired) electrons. The van der Waals surface area contributed by atoms with Gasteiger partial charge in [-0.25, -0.2) is 0 Å². The van der Waals surface area contributed by atoms with Crippen LogP contribution in [0.15, 0.2) is 30.6 Å². The number of amides is 1. The number of rotatable bonds is 2. The van der Waals surface area contributed by atoms with Gasteiger partial charge in [0.2, 0.25) is 0 Å². The number of benzene rings is 1. The molecule has 0 aliphatic heterocycles. The van der Waals surface area contributed by atoms with Crippen LogP contribution in [0.5, 0.6) is 0 Å². The predicted molar refractivity (Wildman–Crippen MR) is 67.1 cm³/mol. The summed E-state index contributed by atoms with van der Waals surface area (Å²) in [5, 5.41) is 6.90. The molecule has 88 valence electrons. The molecule has 1 heterocycles. The lowest BCUT2D eigenvalue weighted by atomic mass is 10.1. The highest BCUT2D eigenvalue weighted by Gasteiger charge is 2.10. The lowest BCUT2D eigenvalue weighted by Crippen LogP contribution is -2.13. The molecular weight excluding hydrogens is 214 g/mol. The first kappa shape index (κ1) is 11.4. The lowest BCUT2D eigenvalue weighted by molar-refractivity contribution is 0.102. The van der Waals surface area contributed by atoms with Crippen LogP contribution in [-0.4, -0.2) is 15.7 Å². The topological polar surface area (TPSA) is 46.9 Å². The van der Waals surface area contributed by atoms with E-state index in [0.717, 1.165) is 16.8 Å². The highest BCUT2D eigenvalue weighted by atomic mass is 16.1. The molecule has 0 saturated carbocycles. The number of carbonyl (C=O) groups excluding carboxylic acids is 1. The van der Waals surface area contributed by atoms with Crippen molar-refractivity contribution < 1.29 is 4.79 Å².